The topological polar surface area (TPSA) is 58.2 Å². The Bertz CT molecular complexity index is 486. The van der Waals surface area contributed by atoms with Crippen LogP contribution in [0.5, 0.6) is 0 Å². The predicted molar refractivity (Wildman–Crippen MR) is 79.9 cm³/mol. The molecule has 108 valence electrons. The lowest BCUT2D eigenvalue weighted by atomic mass is 10.1. The van der Waals surface area contributed by atoms with Gasteiger partial charge in [-0.05, 0) is 24.5 Å². The van der Waals surface area contributed by atoms with Crippen molar-refractivity contribution in [3.63, 3.8) is 0 Å². The van der Waals surface area contributed by atoms with E-state index >= 15 is 0 Å². The van der Waals surface area contributed by atoms with Gasteiger partial charge in [0.05, 0.1) is 5.69 Å². The van der Waals surface area contributed by atoms with Gasteiger partial charge in [0.15, 0.2) is 0 Å². The number of para-hydroxylation sites is 1. The van der Waals surface area contributed by atoms with E-state index in [2.05, 4.69) is 17.0 Å². The van der Waals surface area contributed by atoms with E-state index in [1.807, 2.05) is 19.9 Å². The summed E-state index contributed by atoms with van der Waals surface area (Å²) in [5, 5.41) is 3.15. The number of rotatable bonds is 8. The van der Waals surface area contributed by atoms with Crippen molar-refractivity contribution in [1.82, 2.24) is 4.72 Å². The Kier molecular flexibility index (Phi) is 6.31. The van der Waals surface area contributed by atoms with Crippen LogP contribution in [0.3, 0.4) is 0 Å². The highest BCUT2D eigenvalue weighted by atomic mass is 32.2. The molecule has 0 heterocycles. The van der Waals surface area contributed by atoms with Crippen LogP contribution >= 0.6 is 0 Å². The van der Waals surface area contributed by atoms with Gasteiger partial charge in [0.2, 0.25) is 10.0 Å². The maximum absolute atomic E-state index is 12.3. The van der Waals surface area contributed by atoms with Crippen LogP contribution in [-0.4, -0.2) is 21.5 Å². The van der Waals surface area contributed by atoms with E-state index in [0.717, 1.165) is 19.4 Å². The van der Waals surface area contributed by atoms with Crippen molar-refractivity contribution < 1.29 is 8.42 Å². The first-order chi connectivity index (χ1) is 9.01. The Morgan fingerprint density at radius 3 is 2.53 bits per heavy atom. The molecule has 0 aliphatic carbocycles. The molecule has 0 fully saturated rings. The average molecular weight is 284 g/mol. The lowest BCUT2D eigenvalue weighted by Crippen LogP contribution is -2.29. The van der Waals surface area contributed by atoms with Crippen LogP contribution in [0.4, 0.5) is 5.69 Å². The normalized spacial score (nSPS) is 13.2. The first-order valence-electron chi connectivity index (χ1n) is 6.83. The Morgan fingerprint density at radius 2 is 1.89 bits per heavy atom. The lowest BCUT2D eigenvalue weighted by Gasteiger charge is -2.14. The van der Waals surface area contributed by atoms with Crippen LogP contribution in [0.15, 0.2) is 29.2 Å². The molecule has 0 bridgehead atoms. The smallest absolute Gasteiger partial charge is 0.242 e. The number of sulfonamides is 1. The first kappa shape index (κ1) is 16.0. The van der Waals surface area contributed by atoms with Crippen molar-refractivity contribution in [3.8, 4) is 0 Å². The molecular formula is C14H24N2O2S. The molecular weight excluding hydrogens is 260 g/mol. The van der Waals surface area contributed by atoms with Gasteiger partial charge in [-0.3, -0.25) is 0 Å². The maximum atomic E-state index is 12.3. The second-order valence-corrected chi connectivity index (χ2v) is 6.52. The van der Waals surface area contributed by atoms with Crippen molar-refractivity contribution in [3.05, 3.63) is 24.3 Å². The third-order valence-electron chi connectivity index (χ3n) is 3.06. The minimum atomic E-state index is -3.44. The van der Waals surface area contributed by atoms with Gasteiger partial charge >= 0.3 is 0 Å². The van der Waals surface area contributed by atoms with E-state index < -0.39 is 10.0 Å². The molecule has 1 unspecified atom stereocenters. The zero-order valence-corrected chi connectivity index (χ0v) is 12.8. The van der Waals surface area contributed by atoms with Gasteiger partial charge in [0.1, 0.15) is 4.90 Å². The predicted octanol–water partition coefficient (Wildman–Crippen LogP) is 2.83. The summed E-state index contributed by atoms with van der Waals surface area (Å²) in [5.41, 5.74) is 0.668. The zero-order valence-electron chi connectivity index (χ0n) is 11.9. The Balaban J connectivity index is 2.88. The molecule has 0 aliphatic rings. The molecule has 4 nitrogen and oxygen atoms in total. The molecule has 0 aromatic heterocycles. The molecule has 19 heavy (non-hydrogen) atoms. The zero-order chi connectivity index (χ0) is 14.3. The number of benzene rings is 1. The second kappa shape index (κ2) is 7.50. The highest BCUT2D eigenvalue weighted by Gasteiger charge is 2.18. The van der Waals surface area contributed by atoms with E-state index in [4.69, 9.17) is 0 Å². The van der Waals surface area contributed by atoms with Gasteiger partial charge < -0.3 is 5.32 Å². The summed E-state index contributed by atoms with van der Waals surface area (Å²) >= 11 is 0. The van der Waals surface area contributed by atoms with Gasteiger partial charge in [-0.15, -0.1) is 0 Å². The van der Waals surface area contributed by atoms with E-state index in [1.165, 1.54) is 0 Å². The van der Waals surface area contributed by atoms with Crippen LogP contribution in [0.25, 0.3) is 0 Å². The summed E-state index contributed by atoms with van der Waals surface area (Å²) in [6.07, 6.45) is 1.91. The molecule has 1 aromatic rings. The van der Waals surface area contributed by atoms with E-state index in [1.54, 1.807) is 18.2 Å². The average Bonchev–Trinajstić information content (AvgIpc) is 2.42. The van der Waals surface area contributed by atoms with Gasteiger partial charge in [0, 0.05) is 13.1 Å². The van der Waals surface area contributed by atoms with E-state index in [-0.39, 0.29) is 0 Å². The minimum Gasteiger partial charge on any atom is -0.384 e. The molecule has 0 saturated heterocycles. The molecule has 0 spiro atoms. The molecule has 5 heteroatoms. The minimum absolute atomic E-state index is 0.326. The van der Waals surface area contributed by atoms with Crippen molar-refractivity contribution in [1.29, 1.82) is 0 Å². The van der Waals surface area contributed by atoms with Crippen molar-refractivity contribution >= 4 is 15.7 Å². The quantitative estimate of drug-likeness (QED) is 0.771. The fourth-order valence-electron chi connectivity index (χ4n) is 1.58. The number of hydrogen-bond acceptors (Lipinski definition) is 3. The van der Waals surface area contributed by atoms with Gasteiger partial charge in [0.25, 0.3) is 0 Å². The molecule has 2 N–H and O–H groups in total. The van der Waals surface area contributed by atoms with Crippen molar-refractivity contribution in [2.45, 2.75) is 38.5 Å². The molecule has 1 aromatic carbocycles. The number of nitrogens with one attached hydrogen (secondary N) is 2. The Hall–Kier alpha value is -1.07. The van der Waals surface area contributed by atoms with Crippen LogP contribution in [0.1, 0.15) is 33.6 Å². The van der Waals surface area contributed by atoms with Crippen molar-refractivity contribution in [2.24, 2.45) is 5.92 Å². The standard InChI is InChI=1S/C14H24N2O2S/c1-4-10-15-13-8-6-7-9-14(13)19(17,18)16-11-12(3)5-2/h6-9,12,15-16H,4-5,10-11H2,1-3H3. The fraction of sp³-hybridized carbons (Fsp3) is 0.571. The lowest BCUT2D eigenvalue weighted by molar-refractivity contribution is 0.528. The first-order valence-corrected chi connectivity index (χ1v) is 8.32. The Morgan fingerprint density at radius 1 is 1.21 bits per heavy atom. The van der Waals surface area contributed by atoms with E-state index in [0.29, 0.717) is 23.0 Å². The van der Waals surface area contributed by atoms with Gasteiger partial charge in [-0.25, -0.2) is 13.1 Å². The summed E-state index contributed by atoms with van der Waals surface area (Å²) in [6, 6.07) is 7.02. The van der Waals surface area contributed by atoms with Crippen molar-refractivity contribution in [2.75, 3.05) is 18.4 Å². The summed E-state index contributed by atoms with van der Waals surface area (Å²) in [5.74, 6) is 0.338. The van der Waals surface area contributed by atoms with Crippen LogP contribution in [0, 0.1) is 5.92 Å². The third-order valence-corrected chi connectivity index (χ3v) is 4.54. The SMILES string of the molecule is CCCNc1ccccc1S(=O)(=O)NCC(C)CC. The molecule has 1 atom stereocenters. The third kappa shape index (κ3) is 4.84. The van der Waals surface area contributed by atoms with Crippen LogP contribution in [-0.2, 0) is 10.0 Å². The maximum Gasteiger partial charge on any atom is 0.242 e. The summed E-state index contributed by atoms with van der Waals surface area (Å²) in [6.45, 7) is 7.36. The Labute approximate surface area is 116 Å². The largest absolute Gasteiger partial charge is 0.384 e. The highest BCUT2D eigenvalue weighted by molar-refractivity contribution is 7.89. The summed E-state index contributed by atoms with van der Waals surface area (Å²) in [4.78, 5) is 0.326. The molecule has 0 aliphatic heterocycles. The number of hydrogen-bond donors (Lipinski definition) is 2. The highest BCUT2D eigenvalue weighted by Crippen LogP contribution is 2.20. The number of anilines is 1. The molecule has 0 saturated carbocycles. The molecule has 0 radical (unpaired) electrons. The van der Waals surface area contributed by atoms with E-state index in [9.17, 15) is 8.42 Å². The monoisotopic (exact) mass is 284 g/mol. The van der Waals surface area contributed by atoms with Crippen LogP contribution in [0.2, 0.25) is 0 Å². The summed E-state index contributed by atoms with van der Waals surface area (Å²) < 4.78 is 27.2. The van der Waals surface area contributed by atoms with Gasteiger partial charge in [-0.2, -0.15) is 0 Å². The molecule has 1 rings (SSSR count). The van der Waals surface area contributed by atoms with Gasteiger partial charge in [-0.1, -0.05) is 39.3 Å². The molecule has 0 amide bonds. The van der Waals surface area contributed by atoms with Crippen LogP contribution < -0.4 is 10.0 Å². The fourth-order valence-corrected chi connectivity index (χ4v) is 2.93. The second-order valence-electron chi connectivity index (χ2n) is 4.79. The summed E-state index contributed by atoms with van der Waals surface area (Å²) in [7, 11) is -3.44.